The maximum absolute atomic E-state index is 8.88. The Morgan fingerprint density at radius 3 is 2.40 bits per heavy atom. The average molecular weight is 143 g/mol. The molecule has 3 heteroatoms. The van der Waals surface area contributed by atoms with Gasteiger partial charge in [0.25, 0.3) is 0 Å². The first kappa shape index (κ1) is 9.34. The molecule has 0 aromatic carbocycles. The normalized spacial score (nSPS) is 22.4. The van der Waals surface area contributed by atoms with Crippen molar-refractivity contribution in [2.75, 3.05) is 13.7 Å². The molecule has 3 nitrogen and oxygen atoms in total. The maximum atomic E-state index is 8.88. The summed E-state index contributed by atoms with van der Waals surface area (Å²) >= 11 is 0. The van der Waals surface area contributed by atoms with Gasteiger partial charge in [0, 0.05) is 13.7 Å². The summed E-state index contributed by atoms with van der Waals surface area (Å²) in [7, 11) is 1.38. The predicted octanol–water partition coefficient (Wildman–Crippen LogP) is 1.14. The minimum Gasteiger partial charge on any atom is -0.379 e. The van der Waals surface area contributed by atoms with Gasteiger partial charge >= 0.3 is 0 Å². The summed E-state index contributed by atoms with van der Waals surface area (Å²) in [5, 5.41) is 0. The Kier molecular flexibility index (Phi) is 6.03. The van der Waals surface area contributed by atoms with E-state index in [1.54, 1.807) is 0 Å². The monoisotopic (exact) mass is 143 g/mol. The number of ether oxygens (including phenoxy) is 1. The maximum Gasteiger partial charge on any atom is 0.234 e. The third-order valence-electron chi connectivity index (χ3n) is 1.25. The van der Waals surface area contributed by atoms with Crippen LogP contribution in [0.1, 0.15) is 19.8 Å². The minimum absolute atomic E-state index is 0.546. The number of hydrogen-bond acceptors (Lipinski definition) is 3. The van der Waals surface area contributed by atoms with Gasteiger partial charge in [-0.15, -0.1) is 0 Å². The van der Waals surface area contributed by atoms with Gasteiger partial charge < -0.3 is 4.74 Å². The molecular weight excluding hydrogens is 130 g/mol. The largest absolute Gasteiger partial charge is 0.379 e. The molecule has 0 bridgehead atoms. The standard InChI is InChI=1S/C5H10O.C2H3NO/c1-5-3-2-4-6-5;1-3-2-4/h5H,2-4H2,1H3;1H3. The van der Waals surface area contributed by atoms with Crippen LogP contribution in [0.2, 0.25) is 0 Å². The smallest absolute Gasteiger partial charge is 0.234 e. The van der Waals surface area contributed by atoms with Crippen molar-refractivity contribution in [1.82, 2.24) is 0 Å². The zero-order valence-corrected chi connectivity index (χ0v) is 6.46. The van der Waals surface area contributed by atoms with Crippen molar-refractivity contribution < 1.29 is 9.53 Å². The Balaban J connectivity index is 0.000000180. The Labute approximate surface area is 61.1 Å². The minimum atomic E-state index is 0.546. The molecule has 0 aliphatic carbocycles. The number of carbonyl (C=O) groups excluding carboxylic acids is 1. The van der Waals surface area contributed by atoms with Crippen LogP contribution in [-0.4, -0.2) is 25.8 Å². The van der Waals surface area contributed by atoms with Crippen LogP contribution in [0.4, 0.5) is 0 Å². The Morgan fingerprint density at radius 2 is 2.30 bits per heavy atom. The summed E-state index contributed by atoms with van der Waals surface area (Å²) < 4.78 is 5.15. The zero-order chi connectivity index (χ0) is 7.82. The van der Waals surface area contributed by atoms with Crippen molar-refractivity contribution in [2.24, 2.45) is 4.99 Å². The highest BCUT2D eigenvalue weighted by atomic mass is 16.5. The highest BCUT2D eigenvalue weighted by Crippen LogP contribution is 2.09. The Hall–Kier alpha value is -0.660. The lowest BCUT2D eigenvalue weighted by atomic mass is 10.3. The molecule has 0 amide bonds. The molecular formula is C7H13NO2. The van der Waals surface area contributed by atoms with Crippen molar-refractivity contribution >= 4 is 6.08 Å². The first-order valence-electron chi connectivity index (χ1n) is 3.38. The Morgan fingerprint density at radius 1 is 1.70 bits per heavy atom. The van der Waals surface area contributed by atoms with Gasteiger partial charge in [0.2, 0.25) is 6.08 Å². The Bertz CT molecular complexity index is 113. The van der Waals surface area contributed by atoms with E-state index >= 15 is 0 Å². The van der Waals surface area contributed by atoms with E-state index in [9.17, 15) is 0 Å². The van der Waals surface area contributed by atoms with Crippen LogP contribution in [0.5, 0.6) is 0 Å². The van der Waals surface area contributed by atoms with Crippen LogP contribution in [0.15, 0.2) is 4.99 Å². The van der Waals surface area contributed by atoms with E-state index in [4.69, 9.17) is 9.53 Å². The number of rotatable bonds is 0. The molecule has 1 heterocycles. The van der Waals surface area contributed by atoms with Crippen LogP contribution in [0.3, 0.4) is 0 Å². The van der Waals surface area contributed by atoms with Gasteiger partial charge in [-0.1, -0.05) is 0 Å². The lowest BCUT2D eigenvalue weighted by Gasteiger charge is -1.94. The molecule has 1 aliphatic heterocycles. The molecule has 1 fully saturated rings. The van der Waals surface area contributed by atoms with Gasteiger partial charge in [-0.2, -0.15) is 0 Å². The highest BCUT2D eigenvalue weighted by Gasteiger charge is 2.07. The van der Waals surface area contributed by atoms with Crippen molar-refractivity contribution in [3.63, 3.8) is 0 Å². The molecule has 1 unspecified atom stereocenters. The second-order valence-corrected chi connectivity index (χ2v) is 2.14. The summed E-state index contributed by atoms with van der Waals surface area (Å²) in [5.74, 6) is 0. The zero-order valence-electron chi connectivity index (χ0n) is 6.46. The summed E-state index contributed by atoms with van der Waals surface area (Å²) in [6.45, 7) is 3.11. The third kappa shape index (κ3) is 5.48. The van der Waals surface area contributed by atoms with Crippen LogP contribution >= 0.6 is 0 Å². The molecule has 1 saturated heterocycles. The van der Waals surface area contributed by atoms with E-state index in [0.717, 1.165) is 6.61 Å². The number of hydrogen-bond donors (Lipinski definition) is 0. The van der Waals surface area contributed by atoms with E-state index < -0.39 is 0 Å². The highest BCUT2D eigenvalue weighted by molar-refractivity contribution is 5.32. The van der Waals surface area contributed by atoms with E-state index in [0.29, 0.717) is 6.10 Å². The fourth-order valence-corrected chi connectivity index (χ4v) is 0.739. The van der Waals surface area contributed by atoms with Crippen LogP contribution in [-0.2, 0) is 9.53 Å². The predicted molar refractivity (Wildman–Crippen MR) is 38.7 cm³/mol. The molecule has 1 aliphatic rings. The molecule has 1 atom stereocenters. The molecule has 1 rings (SSSR count). The SMILES string of the molecule is CC1CCCO1.CN=C=O. The van der Waals surface area contributed by atoms with Crippen LogP contribution in [0.25, 0.3) is 0 Å². The van der Waals surface area contributed by atoms with Gasteiger partial charge in [0.05, 0.1) is 6.10 Å². The molecule has 10 heavy (non-hydrogen) atoms. The van der Waals surface area contributed by atoms with E-state index in [1.165, 1.54) is 26.0 Å². The first-order chi connectivity index (χ1) is 4.81. The van der Waals surface area contributed by atoms with Crippen molar-refractivity contribution in [2.45, 2.75) is 25.9 Å². The van der Waals surface area contributed by atoms with Gasteiger partial charge in [-0.3, -0.25) is 0 Å². The summed E-state index contributed by atoms with van der Waals surface area (Å²) in [5.41, 5.74) is 0. The second kappa shape index (κ2) is 6.46. The van der Waals surface area contributed by atoms with Crippen LogP contribution < -0.4 is 0 Å². The van der Waals surface area contributed by atoms with E-state index in [2.05, 4.69) is 11.9 Å². The molecule has 0 spiro atoms. The third-order valence-corrected chi connectivity index (χ3v) is 1.25. The molecule has 0 aromatic heterocycles. The molecule has 0 radical (unpaired) electrons. The number of isocyanates is 1. The molecule has 0 saturated carbocycles. The van der Waals surface area contributed by atoms with Gasteiger partial charge in [0.1, 0.15) is 0 Å². The summed E-state index contributed by atoms with van der Waals surface area (Å²) in [4.78, 5) is 11.8. The van der Waals surface area contributed by atoms with Crippen LogP contribution in [0, 0.1) is 0 Å². The summed E-state index contributed by atoms with van der Waals surface area (Å²) in [6.07, 6.45) is 4.38. The lowest BCUT2D eigenvalue weighted by molar-refractivity contribution is 0.125. The molecule has 0 N–H and O–H groups in total. The quantitative estimate of drug-likeness (QED) is 0.376. The molecule has 58 valence electrons. The summed E-state index contributed by atoms with van der Waals surface area (Å²) in [6, 6.07) is 0. The number of aliphatic imine (C=N–C) groups is 1. The lowest BCUT2D eigenvalue weighted by Crippen LogP contribution is -1.94. The fourth-order valence-electron chi connectivity index (χ4n) is 0.739. The number of nitrogens with zero attached hydrogens (tertiary/aromatic N) is 1. The van der Waals surface area contributed by atoms with E-state index in [-0.39, 0.29) is 0 Å². The van der Waals surface area contributed by atoms with Gasteiger partial charge in [-0.25, -0.2) is 9.79 Å². The van der Waals surface area contributed by atoms with Crippen molar-refractivity contribution in [1.29, 1.82) is 0 Å². The average Bonchev–Trinajstić information content (AvgIpc) is 2.40. The topological polar surface area (TPSA) is 38.7 Å². The van der Waals surface area contributed by atoms with Crippen molar-refractivity contribution in [3.05, 3.63) is 0 Å². The molecule has 0 aromatic rings. The van der Waals surface area contributed by atoms with Crippen molar-refractivity contribution in [3.8, 4) is 0 Å². The van der Waals surface area contributed by atoms with E-state index in [1.807, 2.05) is 0 Å². The van der Waals surface area contributed by atoms with Gasteiger partial charge in [0.15, 0.2) is 0 Å². The van der Waals surface area contributed by atoms with Gasteiger partial charge in [-0.05, 0) is 19.8 Å². The second-order valence-electron chi connectivity index (χ2n) is 2.14. The fraction of sp³-hybridized carbons (Fsp3) is 0.857. The first-order valence-corrected chi connectivity index (χ1v) is 3.38.